The number of benzene rings is 2. The highest BCUT2D eigenvalue weighted by Gasteiger charge is 2.15. The molecule has 0 N–H and O–H groups in total. The molecular formula is C21H14Cl2N2OS. The van der Waals surface area contributed by atoms with Crippen molar-refractivity contribution in [3.8, 4) is 5.69 Å². The minimum atomic E-state index is -0.134. The molecule has 2 heterocycles. The molecule has 0 atom stereocenters. The molecule has 0 radical (unpaired) electrons. The maximum absolute atomic E-state index is 13.2. The van der Waals surface area contributed by atoms with Gasteiger partial charge in [0.2, 0.25) is 0 Å². The van der Waals surface area contributed by atoms with E-state index in [0.717, 1.165) is 10.4 Å². The standard InChI is InChI=1S/C21H14Cl2N2OS/c1-13-12-17-20(27-13)21(26)25(18-9-5-4-8-16(18)23)19(24-17)11-10-14-6-2-3-7-15(14)22/h2-12H,1H3/b11-10+. The van der Waals surface area contributed by atoms with Gasteiger partial charge in [-0.3, -0.25) is 9.36 Å². The van der Waals surface area contributed by atoms with Crippen molar-refractivity contribution >= 4 is 56.9 Å². The molecule has 2 aromatic carbocycles. The summed E-state index contributed by atoms with van der Waals surface area (Å²) in [6.07, 6.45) is 3.64. The first-order valence-corrected chi connectivity index (χ1v) is 9.82. The second-order valence-electron chi connectivity index (χ2n) is 5.99. The Morgan fingerprint density at radius 2 is 1.70 bits per heavy atom. The van der Waals surface area contributed by atoms with Crippen LogP contribution in [0.5, 0.6) is 0 Å². The van der Waals surface area contributed by atoms with Gasteiger partial charge in [-0.05, 0) is 48.9 Å². The number of hydrogen-bond donors (Lipinski definition) is 0. The number of thiophene rings is 1. The van der Waals surface area contributed by atoms with Gasteiger partial charge in [0.15, 0.2) is 0 Å². The summed E-state index contributed by atoms with van der Waals surface area (Å²) in [7, 11) is 0. The molecule has 6 heteroatoms. The van der Waals surface area contributed by atoms with Gasteiger partial charge >= 0.3 is 0 Å². The molecule has 4 aromatic rings. The van der Waals surface area contributed by atoms with Crippen LogP contribution in [0.2, 0.25) is 10.0 Å². The van der Waals surface area contributed by atoms with Gasteiger partial charge in [0.05, 0.1) is 16.2 Å². The Hall–Kier alpha value is -2.40. The van der Waals surface area contributed by atoms with Crippen LogP contribution in [0.4, 0.5) is 0 Å². The predicted octanol–water partition coefficient (Wildman–Crippen LogP) is 6.23. The van der Waals surface area contributed by atoms with Crippen molar-refractivity contribution in [2.75, 3.05) is 0 Å². The summed E-state index contributed by atoms with van der Waals surface area (Å²) in [6, 6.07) is 16.7. The van der Waals surface area contributed by atoms with Gasteiger partial charge in [0.1, 0.15) is 10.5 Å². The Kier molecular flexibility index (Phi) is 4.87. The zero-order valence-electron chi connectivity index (χ0n) is 14.3. The third-order valence-corrected chi connectivity index (χ3v) is 5.80. The molecule has 0 fully saturated rings. The molecule has 2 aromatic heterocycles. The van der Waals surface area contributed by atoms with E-state index in [9.17, 15) is 4.79 Å². The van der Waals surface area contributed by atoms with Crippen LogP contribution in [-0.4, -0.2) is 9.55 Å². The van der Waals surface area contributed by atoms with E-state index in [1.165, 1.54) is 11.3 Å². The molecule has 0 aliphatic rings. The molecule has 0 aliphatic carbocycles. The van der Waals surface area contributed by atoms with Crippen LogP contribution in [0.1, 0.15) is 16.3 Å². The summed E-state index contributed by atoms with van der Waals surface area (Å²) < 4.78 is 2.16. The van der Waals surface area contributed by atoms with Crippen molar-refractivity contribution in [1.29, 1.82) is 0 Å². The molecule has 0 amide bonds. The highest BCUT2D eigenvalue weighted by atomic mass is 35.5. The fraction of sp³-hybridized carbons (Fsp3) is 0.0476. The normalized spacial score (nSPS) is 11.5. The molecule has 134 valence electrons. The van der Waals surface area contributed by atoms with E-state index >= 15 is 0 Å². The Bertz CT molecular complexity index is 1240. The van der Waals surface area contributed by atoms with Crippen LogP contribution in [0.15, 0.2) is 59.4 Å². The van der Waals surface area contributed by atoms with Crippen LogP contribution < -0.4 is 5.56 Å². The molecule has 4 rings (SSSR count). The highest BCUT2D eigenvalue weighted by molar-refractivity contribution is 7.18. The van der Waals surface area contributed by atoms with Gasteiger partial charge in [0.25, 0.3) is 5.56 Å². The van der Waals surface area contributed by atoms with Crippen LogP contribution in [-0.2, 0) is 0 Å². The van der Waals surface area contributed by atoms with E-state index < -0.39 is 0 Å². The van der Waals surface area contributed by atoms with Crippen LogP contribution >= 0.6 is 34.5 Å². The van der Waals surface area contributed by atoms with Gasteiger partial charge in [-0.1, -0.05) is 53.5 Å². The smallest absolute Gasteiger partial charge is 0.267 e. The lowest BCUT2D eigenvalue weighted by atomic mass is 10.2. The first-order valence-electron chi connectivity index (χ1n) is 8.25. The molecule has 0 spiro atoms. The maximum atomic E-state index is 13.2. The topological polar surface area (TPSA) is 34.9 Å². The van der Waals surface area contributed by atoms with E-state index in [1.54, 1.807) is 16.7 Å². The van der Waals surface area contributed by atoms with E-state index in [2.05, 4.69) is 0 Å². The molecule has 0 bridgehead atoms. The quantitative estimate of drug-likeness (QED) is 0.399. The zero-order valence-corrected chi connectivity index (χ0v) is 16.6. The van der Waals surface area contributed by atoms with E-state index in [0.29, 0.717) is 31.8 Å². The summed E-state index contributed by atoms with van der Waals surface area (Å²) in [6.45, 7) is 1.96. The molecule has 3 nitrogen and oxygen atoms in total. The SMILES string of the molecule is Cc1cc2nc(/C=C/c3ccccc3Cl)n(-c3ccccc3Cl)c(=O)c2s1. The largest absolute Gasteiger partial charge is 0.276 e. The van der Waals surface area contributed by atoms with Crippen LogP contribution in [0.25, 0.3) is 28.1 Å². The molecule has 0 saturated carbocycles. The van der Waals surface area contributed by atoms with Crippen molar-refractivity contribution in [2.45, 2.75) is 6.92 Å². The monoisotopic (exact) mass is 412 g/mol. The Morgan fingerprint density at radius 3 is 2.44 bits per heavy atom. The first-order chi connectivity index (χ1) is 13.0. The van der Waals surface area contributed by atoms with Gasteiger partial charge in [-0.25, -0.2) is 4.98 Å². The number of nitrogens with zero attached hydrogens (tertiary/aromatic N) is 2. The Balaban J connectivity index is 1.98. The molecule has 0 unspecified atom stereocenters. The number of aromatic nitrogens is 2. The Morgan fingerprint density at radius 1 is 1.00 bits per heavy atom. The molecule has 27 heavy (non-hydrogen) atoms. The summed E-state index contributed by atoms with van der Waals surface area (Å²) in [5, 5.41) is 1.12. The fourth-order valence-corrected chi connectivity index (χ4v) is 4.17. The minimum Gasteiger partial charge on any atom is -0.267 e. The van der Waals surface area contributed by atoms with Crippen LogP contribution in [0, 0.1) is 6.92 Å². The third kappa shape index (κ3) is 3.44. The second-order valence-corrected chi connectivity index (χ2v) is 8.06. The third-order valence-electron chi connectivity index (χ3n) is 4.11. The summed E-state index contributed by atoms with van der Waals surface area (Å²) >= 11 is 14.0. The zero-order chi connectivity index (χ0) is 19.0. The second kappa shape index (κ2) is 7.31. The number of hydrogen-bond acceptors (Lipinski definition) is 3. The summed E-state index contributed by atoms with van der Waals surface area (Å²) in [5.74, 6) is 0.498. The average Bonchev–Trinajstić information content (AvgIpc) is 3.03. The van der Waals surface area contributed by atoms with Crippen molar-refractivity contribution in [3.05, 3.63) is 91.3 Å². The summed E-state index contributed by atoms with van der Waals surface area (Å²) in [5.41, 5.74) is 2.00. The van der Waals surface area contributed by atoms with Gasteiger partial charge < -0.3 is 0 Å². The number of para-hydroxylation sites is 1. The van der Waals surface area contributed by atoms with Crippen molar-refractivity contribution in [2.24, 2.45) is 0 Å². The lowest BCUT2D eigenvalue weighted by Gasteiger charge is -2.11. The maximum Gasteiger partial charge on any atom is 0.276 e. The lowest BCUT2D eigenvalue weighted by molar-refractivity contribution is 0.947. The number of halogens is 2. The number of rotatable bonds is 3. The lowest BCUT2D eigenvalue weighted by Crippen LogP contribution is -2.21. The van der Waals surface area contributed by atoms with Crippen LogP contribution in [0.3, 0.4) is 0 Å². The van der Waals surface area contributed by atoms with E-state index in [1.807, 2.05) is 61.5 Å². The molecular weight excluding hydrogens is 399 g/mol. The highest BCUT2D eigenvalue weighted by Crippen LogP contribution is 2.26. The first kappa shape index (κ1) is 18.0. The molecule has 0 aliphatic heterocycles. The van der Waals surface area contributed by atoms with Gasteiger partial charge in [0, 0.05) is 9.90 Å². The minimum absolute atomic E-state index is 0.134. The van der Waals surface area contributed by atoms with Crippen molar-refractivity contribution < 1.29 is 0 Å². The predicted molar refractivity (Wildman–Crippen MR) is 115 cm³/mol. The Labute approximate surface area is 170 Å². The van der Waals surface area contributed by atoms with E-state index in [-0.39, 0.29) is 5.56 Å². The fourth-order valence-electron chi connectivity index (χ4n) is 2.87. The van der Waals surface area contributed by atoms with Gasteiger partial charge in [-0.15, -0.1) is 11.3 Å². The molecule has 0 saturated heterocycles. The number of aryl methyl sites for hydroxylation is 1. The van der Waals surface area contributed by atoms with E-state index in [4.69, 9.17) is 28.2 Å². The van der Waals surface area contributed by atoms with Gasteiger partial charge in [-0.2, -0.15) is 0 Å². The van der Waals surface area contributed by atoms with Crippen molar-refractivity contribution in [3.63, 3.8) is 0 Å². The average molecular weight is 413 g/mol. The summed E-state index contributed by atoms with van der Waals surface area (Å²) in [4.78, 5) is 18.9. The number of fused-ring (bicyclic) bond motifs is 1. The van der Waals surface area contributed by atoms with Crippen molar-refractivity contribution in [1.82, 2.24) is 9.55 Å².